The second-order valence-corrected chi connectivity index (χ2v) is 11.4. The number of carbonyl (C=O) groups excluding carboxylic acids is 1. The first kappa shape index (κ1) is 28.1. The molecule has 1 fully saturated rings. The zero-order chi connectivity index (χ0) is 27.2. The highest BCUT2D eigenvalue weighted by Gasteiger charge is 2.32. The summed E-state index contributed by atoms with van der Waals surface area (Å²) in [6, 6.07) is 14.8. The Morgan fingerprint density at radius 1 is 1.13 bits per heavy atom. The van der Waals surface area contributed by atoms with Crippen LogP contribution in [0.15, 0.2) is 48.5 Å². The van der Waals surface area contributed by atoms with Gasteiger partial charge in [0.05, 0.1) is 17.2 Å². The average Bonchev–Trinajstić information content (AvgIpc) is 3.53. The molecule has 0 radical (unpaired) electrons. The minimum absolute atomic E-state index is 0.0593. The molecule has 1 saturated carbocycles. The topological polar surface area (TPSA) is 97.8 Å². The highest BCUT2D eigenvalue weighted by Crippen LogP contribution is 2.33. The predicted octanol–water partition coefficient (Wildman–Crippen LogP) is 6.49. The number of rotatable bonds is 11. The normalized spacial score (nSPS) is 15.4. The van der Waals surface area contributed by atoms with Crippen LogP contribution in [0.3, 0.4) is 0 Å². The maximum atomic E-state index is 13.2. The minimum Gasteiger partial charge on any atom is -0.490 e. The summed E-state index contributed by atoms with van der Waals surface area (Å²) in [7, 11) is 0. The van der Waals surface area contributed by atoms with Crippen LogP contribution in [-0.2, 0) is 9.53 Å². The van der Waals surface area contributed by atoms with Crippen molar-refractivity contribution in [1.29, 1.82) is 0 Å². The lowest BCUT2D eigenvalue weighted by Gasteiger charge is -2.27. The summed E-state index contributed by atoms with van der Waals surface area (Å²) in [5.74, 6) is -1.33. The fraction of sp³-hybridized carbons (Fsp3) is 0.414. The van der Waals surface area contributed by atoms with E-state index < -0.39 is 18.0 Å². The molecule has 2 N–H and O–H groups in total. The zero-order valence-electron chi connectivity index (χ0n) is 21.8. The molecule has 7 nitrogen and oxygen atoms in total. The van der Waals surface area contributed by atoms with Crippen molar-refractivity contribution in [1.82, 2.24) is 10.3 Å². The molecule has 3 aromatic rings. The lowest BCUT2D eigenvalue weighted by molar-refractivity contribution is -0.155. The van der Waals surface area contributed by atoms with E-state index in [4.69, 9.17) is 21.1 Å². The van der Waals surface area contributed by atoms with Crippen molar-refractivity contribution in [2.45, 2.75) is 70.7 Å². The maximum Gasteiger partial charge on any atom is 0.333 e. The van der Waals surface area contributed by atoms with Gasteiger partial charge >= 0.3 is 5.97 Å². The van der Waals surface area contributed by atoms with E-state index in [0.717, 1.165) is 34.6 Å². The number of hydrogen-bond acceptors (Lipinski definition) is 6. The number of aryl methyl sites for hydroxylation is 1. The Hall–Kier alpha value is -2.94. The standard InChI is InChI=1S/C29H33ClN2O5S/c1-17(2)36-26(29(34)35)23(19-12-14-21(15-13-19)37-20-8-4-5-9-20)16-31-27(33)25-18(3)38-28(32-25)22-10-6-7-11-24(22)30/h6-7,10-15,17,20,23,26H,4-5,8-9,16H2,1-3H3,(H,31,33)(H,34,35). The van der Waals surface area contributed by atoms with E-state index in [1.807, 2.05) is 49.4 Å². The van der Waals surface area contributed by atoms with Gasteiger partial charge in [0, 0.05) is 22.9 Å². The van der Waals surface area contributed by atoms with Gasteiger partial charge in [-0.3, -0.25) is 4.79 Å². The van der Waals surface area contributed by atoms with Gasteiger partial charge in [-0.25, -0.2) is 9.78 Å². The monoisotopic (exact) mass is 556 g/mol. The molecular formula is C29H33ClN2O5S. The van der Waals surface area contributed by atoms with Gasteiger partial charge in [0.25, 0.3) is 5.91 Å². The van der Waals surface area contributed by atoms with Crippen LogP contribution in [0.25, 0.3) is 10.6 Å². The highest BCUT2D eigenvalue weighted by atomic mass is 35.5. The quantitative estimate of drug-likeness (QED) is 0.280. The van der Waals surface area contributed by atoms with Crippen LogP contribution in [-0.4, -0.2) is 46.8 Å². The molecule has 0 aliphatic heterocycles. The maximum absolute atomic E-state index is 13.2. The van der Waals surface area contributed by atoms with Crippen molar-refractivity contribution in [3.05, 3.63) is 69.7 Å². The summed E-state index contributed by atoms with van der Waals surface area (Å²) < 4.78 is 11.9. The lowest BCUT2D eigenvalue weighted by atomic mass is 9.92. The number of nitrogens with one attached hydrogen (secondary N) is 1. The number of amides is 1. The number of carboxylic acid groups (broad SMARTS) is 1. The number of ether oxygens (including phenoxy) is 2. The van der Waals surface area contributed by atoms with Crippen molar-refractivity contribution >= 4 is 34.8 Å². The highest BCUT2D eigenvalue weighted by molar-refractivity contribution is 7.15. The summed E-state index contributed by atoms with van der Waals surface area (Å²) >= 11 is 7.71. The van der Waals surface area contributed by atoms with Crippen LogP contribution >= 0.6 is 22.9 Å². The molecule has 4 rings (SSSR count). The van der Waals surface area contributed by atoms with E-state index in [0.29, 0.717) is 15.7 Å². The Morgan fingerprint density at radius 3 is 2.45 bits per heavy atom. The first-order valence-corrected chi connectivity index (χ1v) is 14.1. The van der Waals surface area contributed by atoms with E-state index in [1.54, 1.807) is 19.9 Å². The van der Waals surface area contributed by atoms with Crippen LogP contribution < -0.4 is 10.1 Å². The summed E-state index contributed by atoms with van der Waals surface area (Å²) in [6.07, 6.45) is 3.22. The first-order valence-electron chi connectivity index (χ1n) is 12.9. The van der Waals surface area contributed by atoms with Crippen molar-refractivity contribution in [3.8, 4) is 16.3 Å². The second kappa shape index (κ2) is 12.7. The Labute approximate surface area is 232 Å². The number of aromatic nitrogens is 1. The fourth-order valence-electron chi connectivity index (χ4n) is 4.65. The Balaban J connectivity index is 1.53. The molecule has 2 atom stereocenters. The van der Waals surface area contributed by atoms with Crippen LogP contribution in [0.4, 0.5) is 0 Å². The smallest absolute Gasteiger partial charge is 0.333 e. The van der Waals surface area contributed by atoms with Gasteiger partial charge in [-0.05, 0) is 70.2 Å². The van der Waals surface area contributed by atoms with E-state index in [-0.39, 0.29) is 24.7 Å². The lowest BCUT2D eigenvalue weighted by Crippen LogP contribution is -2.40. The predicted molar refractivity (Wildman–Crippen MR) is 149 cm³/mol. The van der Waals surface area contributed by atoms with Crippen LogP contribution in [0.1, 0.15) is 66.4 Å². The molecule has 2 unspecified atom stereocenters. The Morgan fingerprint density at radius 2 is 1.82 bits per heavy atom. The van der Waals surface area contributed by atoms with Gasteiger partial charge < -0.3 is 19.9 Å². The van der Waals surface area contributed by atoms with Gasteiger partial charge in [-0.2, -0.15) is 0 Å². The number of carboxylic acids is 1. The molecule has 0 spiro atoms. The molecule has 0 saturated heterocycles. The Kier molecular flexibility index (Phi) is 9.41. The summed E-state index contributed by atoms with van der Waals surface area (Å²) in [5, 5.41) is 14.1. The van der Waals surface area contributed by atoms with E-state index in [1.165, 1.54) is 24.2 Å². The number of aliphatic carboxylic acids is 1. The summed E-state index contributed by atoms with van der Waals surface area (Å²) in [4.78, 5) is 30.7. The van der Waals surface area contributed by atoms with Crippen molar-refractivity contribution in [3.63, 3.8) is 0 Å². The fourth-order valence-corrected chi connectivity index (χ4v) is 5.88. The molecule has 202 valence electrons. The molecule has 1 heterocycles. The molecule has 38 heavy (non-hydrogen) atoms. The van der Waals surface area contributed by atoms with E-state index in [2.05, 4.69) is 10.3 Å². The minimum atomic E-state index is -1.15. The van der Waals surface area contributed by atoms with Gasteiger partial charge in [0.2, 0.25) is 0 Å². The van der Waals surface area contributed by atoms with Gasteiger partial charge in [-0.1, -0.05) is 41.9 Å². The van der Waals surface area contributed by atoms with Crippen LogP contribution in [0, 0.1) is 6.92 Å². The summed E-state index contributed by atoms with van der Waals surface area (Å²) in [5.41, 5.74) is 1.79. The number of halogens is 1. The SMILES string of the molecule is Cc1sc(-c2ccccc2Cl)nc1C(=O)NCC(c1ccc(OC2CCCC2)cc1)C(OC(C)C)C(=O)O. The van der Waals surface area contributed by atoms with Crippen molar-refractivity contribution in [2.75, 3.05) is 6.54 Å². The molecule has 2 aromatic carbocycles. The van der Waals surface area contributed by atoms with Gasteiger partial charge in [0.1, 0.15) is 16.5 Å². The van der Waals surface area contributed by atoms with E-state index in [9.17, 15) is 14.7 Å². The molecule has 1 aliphatic carbocycles. The molecule has 1 amide bonds. The molecule has 0 bridgehead atoms. The molecule has 1 aromatic heterocycles. The Bertz CT molecular complexity index is 1250. The number of carbonyl (C=O) groups is 2. The van der Waals surface area contributed by atoms with Crippen LogP contribution in [0.5, 0.6) is 5.75 Å². The zero-order valence-corrected chi connectivity index (χ0v) is 23.3. The summed E-state index contributed by atoms with van der Waals surface area (Å²) in [6.45, 7) is 5.47. The third-order valence-electron chi connectivity index (χ3n) is 6.54. The third-order valence-corrected chi connectivity index (χ3v) is 7.87. The average molecular weight is 557 g/mol. The molecular weight excluding hydrogens is 524 g/mol. The largest absolute Gasteiger partial charge is 0.490 e. The van der Waals surface area contributed by atoms with Crippen LogP contribution in [0.2, 0.25) is 5.02 Å². The van der Waals surface area contributed by atoms with Crippen molar-refractivity contribution < 1.29 is 24.2 Å². The first-order chi connectivity index (χ1) is 18.2. The third kappa shape index (κ3) is 6.92. The number of nitrogens with zero attached hydrogens (tertiary/aromatic N) is 1. The number of thiazole rings is 1. The van der Waals surface area contributed by atoms with Gasteiger partial charge in [-0.15, -0.1) is 11.3 Å². The van der Waals surface area contributed by atoms with Gasteiger partial charge in [0.15, 0.2) is 6.10 Å². The van der Waals surface area contributed by atoms with E-state index >= 15 is 0 Å². The number of hydrogen-bond donors (Lipinski definition) is 2. The molecule has 9 heteroatoms. The second-order valence-electron chi connectivity index (χ2n) is 9.76. The molecule has 1 aliphatic rings. The van der Waals surface area contributed by atoms with Crippen molar-refractivity contribution in [2.24, 2.45) is 0 Å². The number of benzene rings is 2.